The number of aliphatic carboxylic acids is 1. The van der Waals surface area contributed by atoms with Crippen LogP contribution in [-0.2, 0) is 20.8 Å². The minimum atomic E-state index is -1.35. The van der Waals surface area contributed by atoms with Crippen LogP contribution in [0.4, 0.5) is 13.2 Å². The van der Waals surface area contributed by atoms with E-state index < -0.39 is 35.2 Å². The molecule has 2 bridgehead atoms. The first kappa shape index (κ1) is 37.9. The average molecular weight is 734 g/mol. The number of hydrogen-bond acceptors (Lipinski definition) is 6. The Morgan fingerprint density at radius 3 is 2.36 bits per heavy atom. The van der Waals surface area contributed by atoms with Crippen LogP contribution in [0.3, 0.4) is 0 Å². The van der Waals surface area contributed by atoms with E-state index in [4.69, 9.17) is 14.6 Å². The SMILES string of the molecule is Cc1ccc(OCCN(C(=O)C2=C(c3ccc(CCCOc4c(F)ccc(F)c4F)cc3)C[C@@H]3CN(C(=O)CCCC(=O)O)C[C@H]2N3)C2CC2)cc1C. The lowest BCUT2D eigenvalue weighted by Crippen LogP contribution is -2.62. The molecule has 2 N–H and O–H groups in total. The molecule has 1 aliphatic carbocycles. The summed E-state index contributed by atoms with van der Waals surface area (Å²) in [5.41, 5.74) is 5.71. The van der Waals surface area contributed by atoms with Crippen molar-refractivity contribution < 1.29 is 42.1 Å². The van der Waals surface area contributed by atoms with Gasteiger partial charge >= 0.3 is 5.97 Å². The smallest absolute Gasteiger partial charge is 0.303 e. The number of carbonyl (C=O) groups is 3. The van der Waals surface area contributed by atoms with Crippen LogP contribution in [0.2, 0.25) is 0 Å². The maximum absolute atomic E-state index is 14.7. The zero-order valence-electron chi connectivity index (χ0n) is 30.1. The second kappa shape index (κ2) is 16.9. The molecule has 53 heavy (non-hydrogen) atoms. The highest BCUT2D eigenvalue weighted by Gasteiger charge is 2.43. The van der Waals surface area contributed by atoms with Crippen molar-refractivity contribution in [3.8, 4) is 11.5 Å². The third-order valence-corrected chi connectivity index (χ3v) is 10.3. The lowest BCUT2D eigenvalue weighted by atomic mass is 9.82. The van der Waals surface area contributed by atoms with Crippen LogP contribution in [0.5, 0.6) is 11.5 Å². The van der Waals surface area contributed by atoms with Crippen molar-refractivity contribution in [1.29, 1.82) is 0 Å². The Morgan fingerprint density at radius 1 is 0.887 bits per heavy atom. The molecule has 2 fully saturated rings. The van der Waals surface area contributed by atoms with Crippen molar-refractivity contribution in [2.75, 3.05) is 32.8 Å². The molecule has 0 unspecified atom stereocenters. The zero-order chi connectivity index (χ0) is 37.6. The van der Waals surface area contributed by atoms with Crippen LogP contribution < -0.4 is 14.8 Å². The number of carboxylic acids is 1. The van der Waals surface area contributed by atoms with Crippen LogP contribution in [0.1, 0.15) is 67.2 Å². The first-order chi connectivity index (χ1) is 25.5. The number of carbonyl (C=O) groups excluding carboxylic acids is 2. The molecule has 9 nitrogen and oxygen atoms in total. The summed E-state index contributed by atoms with van der Waals surface area (Å²) in [6, 6.07) is 15.0. The van der Waals surface area contributed by atoms with E-state index in [1.165, 1.54) is 5.56 Å². The van der Waals surface area contributed by atoms with E-state index in [2.05, 4.69) is 5.32 Å². The summed E-state index contributed by atoms with van der Waals surface area (Å²) in [7, 11) is 0. The third-order valence-electron chi connectivity index (χ3n) is 10.3. The number of amides is 2. The Hall–Kier alpha value is -4.84. The van der Waals surface area contributed by atoms with E-state index in [9.17, 15) is 27.6 Å². The van der Waals surface area contributed by atoms with E-state index >= 15 is 0 Å². The Kier molecular flexibility index (Phi) is 12.1. The topological polar surface area (TPSA) is 108 Å². The fourth-order valence-electron chi connectivity index (χ4n) is 7.14. The molecule has 0 spiro atoms. The van der Waals surface area contributed by atoms with Gasteiger partial charge in [-0.05, 0) is 104 Å². The van der Waals surface area contributed by atoms with Gasteiger partial charge in [0.25, 0.3) is 5.91 Å². The summed E-state index contributed by atoms with van der Waals surface area (Å²) in [4.78, 5) is 42.6. The van der Waals surface area contributed by atoms with E-state index in [0.717, 1.165) is 53.0 Å². The number of aryl methyl sites for hydroxylation is 3. The van der Waals surface area contributed by atoms with Gasteiger partial charge in [-0.15, -0.1) is 0 Å². The molecule has 12 heteroatoms. The van der Waals surface area contributed by atoms with Crippen molar-refractivity contribution >= 4 is 23.4 Å². The number of rotatable bonds is 16. The number of carboxylic acid groups (broad SMARTS) is 1. The molecule has 1 saturated carbocycles. The summed E-state index contributed by atoms with van der Waals surface area (Å²) in [5, 5.41) is 12.7. The van der Waals surface area contributed by atoms with Crippen molar-refractivity contribution in [3.05, 3.63) is 99.9 Å². The Bertz CT molecular complexity index is 1860. The number of ether oxygens (including phenoxy) is 2. The average Bonchev–Trinajstić information content (AvgIpc) is 3.98. The van der Waals surface area contributed by atoms with Gasteiger partial charge in [0.05, 0.1) is 19.2 Å². The molecular formula is C41H46F3N3O6. The molecule has 2 heterocycles. The fourth-order valence-corrected chi connectivity index (χ4v) is 7.14. The van der Waals surface area contributed by atoms with Crippen molar-refractivity contribution in [2.24, 2.45) is 0 Å². The van der Waals surface area contributed by atoms with Gasteiger partial charge in [0.2, 0.25) is 11.7 Å². The molecule has 1 saturated heterocycles. The monoisotopic (exact) mass is 733 g/mol. The van der Waals surface area contributed by atoms with Crippen molar-refractivity contribution in [2.45, 2.75) is 83.3 Å². The lowest BCUT2D eigenvalue weighted by Gasteiger charge is -2.45. The number of nitrogens with one attached hydrogen (secondary N) is 1. The molecule has 0 radical (unpaired) electrons. The molecule has 2 atom stereocenters. The molecule has 3 aliphatic rings. The number of nitrogens with zero attached hydrogens (tertiary/aromatic N) is 2. The molecule has 2 amide bonds. The maximum atomic E-state index is 14.7. The minimum absolute atomic E-state index is 0.00631. The summed E-state index contributed by atoms with van der Waals surface area (Å²) in [6.45, 7) is 5.57. The second-order valence-corrected chi connectivity index (χ2v) is 14.2. The van der Waals surface area contributed by atoms with Crippen LogP contribution in [0.25, 0.3) is 5.57 Å². The number of benzene rings is 3. The Balaban J connectivity index is 1.19. The van der Waals surface area contributed by atoms with Crippen LogP contribution >= 0.6 is 0 Å². The largest absolute Gasteiger partial charge is 0.492 e. The standard InChI is InChI=1S/C41H46F3N3O6/c1-25-8-15-31(21-26(25)2)52-20-18-47(30-13-14-30)41(51)38-32(22-29-23-46(24-35(38)45-29)36(48)6-3-7-37(49)50)28-11-9-27(10-12-28)5-4-19-53-40-34(43)17-16-33(42)39(40)44/h8-12,15-17,21,29-30,35,45H,3-7,13-14,18-20,22-24H2,1-2H3,(H,49,50)/t29-,35-/m1/s1. The van der Waals surface area contributed by atoms with Crippen LogP contribution in [0, 0.1) is 31.3 Å². The predicted octanol–water partition coefficient (Wildman–Crippen LogP) is 6.38. The van der Waals surface area contributed by atoms with E-state index in [-0.39, 0.29) is 49.8 Å². The summed E-state index contributed by atoms with van der Waals surface area (Å²) in [5.74, 6) is -4.59. The highest BCUT2D eigenvalue weighted by atomic mass is 19.2. The van der Waals surface area contributed by atoms with Crippen LogP contribution in [-0.4, -0.2) is 83.7 Å². The zero-order valence-corrected chi connectivity index (χ0v) is 30.1. The summed E-state index contributed by atoms with van der Waals surface area (Å²) in [6.07, 6.45) is 3.63. The lowest BCUT2D eigenvalue weighted by molar-refractivity contribution is -0.138. The number of piperazine rings is 1. The number of hydrogen-bond donors (Lipinski definition) is 2. The van der Waals surface area contributed by atoms with Crippen molar-refractivity contribution in [3.63, 3.8) is 0 Å². The highest BCUT2D eigenvalue weighted by Crippen LogP contribution is 2.37. The van der Waals surface area contributed by atoms with Gasteiger partial charge in [-0.1, -0.05) is 30.3 Å². The highest BCUT2D eigenvalue weighted by molar-refractivity contribution is 6.03. The fraction of sp³-hybridized carbons (Fsp3) is 0.439. The van der Waals surface area contributed by atoms with Gasteiger partial charge in [-0.2, -0.15) is 4.39 Å². The Morgan fingerprint density at radius 2 is 1.64 bits per heavy atom. The van der Waals surface area contributed by atoms with Gasteiger partial charge in [-0.3, -0.25) is 14.4 Å². The van der Waals surface area contributed by atoms with Crippen LogP contribution in [0.15, 0.2) is 60.2 Å². The van der Waals surface area contributed by atoms with E-state index in [0.29, 0.717) is 51.1 Å². The van der Waals surface area contributed by atoms with Gasteiger partial charge in [0.1, 0.15) is 12.4 Å². The van der Waals surface area contributed by atoms with Gasteiger partial charge in [-0.25, -0.2) is 8.78 Å². The molecular weight excluding hydrogens is 687 g/mol. The van der Waals surface area contributed by atoms with Gasteiger partial charge in [0.15, 0.2) is 17.4 Å². The summed E-state index contributed by atoms with van der Waals surface area (Å²) < 4.78 is 52.8. The maximum Gasteiger partial charge on any atom is 0.303 e. The minimum Gasteiger partial charge on any atom is -0.492 e. The summed E-state index contributed by atoms with van der Waals surface area (Å²) >= 11 is 0. The molecule has 6 rings (SSSR count). The van der Waals surface area contributed by atoms with Gasteiger partial charge in [0, 0.05) is 43.6 Å². The normalized spacial score (nSPS) is 18.2. The first-order valence-electron chi connectivity index (χ1n) is 18.3. The molecule has 282 valence electrons. The van der Waals surface area contributed by atoms with E-state index in [1.54, 1.807) is 4.90 Å². The molecule has 3 aromatic rings. The van der Waals surface area contributed by atoms with Crippen molar-refractivity contribution in [1.82, 2.24) is 15.1 Å². The van der Waals surface area contributed by atoms with E-state index in [1.807, 2.05) is 61.2 Å². The number of fused-ring (bicyclic) bond motifs is 2. The quantitative estimate of drug-likeness (QED) is 0.130. The first-order valence-corrected chi connectivity index (χ1v) is 18.3. The van der Waals surface area contributed by atoms with Gasteiger partial charge < -0.3 is 29.7 Å². The molecule has 3 aromatic carbocycles. The molecule has 0 aromatic heterocycles. The Labute approximate surface area is 307 Å². The third kappa shape index (κ3) is 9.40. The molecule has 2 aliphatic heterocycles. The second-order valence-electron chi connectivity index (χ2n) is 14.2. The number of halogens is 3. The predicted molar refractivity (Wildman–Crippen MR) is 193 cm³/mol.